The van der Waals surface area contributed by atoms with Crippen LogP contribution in [-0.2, 0) is 16.7 Å². The highest BCUT2D eigenvalue weighted by Gasteiger charge is 2.29. The van der Waals surface area contributed by atoms with Crippen LogP contribution < -0.4 is 5.56 Å². The molecule has 1 aliphatic rings. The minimum atomic E-state index is -3.49. The van der Waals surface area contributed by atoms with E-state index in [2.05, 4.69) is 4.90 Å². The monoisotopic (exact) mass is 417 g/mol. The number of rotatable bonds is 4. The van der Waals surface area contributed by atoms with Crippen molar-refractivity contribution >= 4 is 31.6 Å². The molecule has 0 N–H and O–H groups in total. The first-order valence-corrected chi connectivity index (χ1v) is 11.5. The summed E-state index contributed by atoms with van der Waals surface area (Å²) >= 11 is 1.45. The number of aromatic nitrogens is 1. The number of hydrogen-bond acceptors (Lipinski definition) is 5. The van der Waals surface area contributed by atoms with Crippen LogP contribution in [0, 0.1) is 13.8 Å². The molecule has 0 bridgehead atoms. The Hall–Kier alpha value is -2.00. The molecular weight excluding hydrogens is 394 g/mol. The van der Waals surface area contributed by atoms with Gasteiger partial charge in [0.05, 0.1) is 21.7 Å². The Bertz CT molecular complexity index is 1170. The average Bonchev–Trinajstić information content (AvgIpc) is 3.00. The van der Waals surface area contributed by atoms with E-state index < -0.39 is 10.0 Å². The van der Waals surface area contributed by atoms with Crippen molar-refractivity contribution in [2.24, 2.45) is 0 Å². The summed E-state index contributed by atoms with van der Waals surface area (Å²) in [4.78, 5) is 15.0. The second kappa shape index (κ2) is 7.44. The van der Waals surface area contributed by atoms with Crippen molar-refractivity contribution in [2.75, 3.05) is 26.2 Å². The zero-order chi connectivity index (χ0) is 19.9. The molecule has 0 amide bonds. The molecule has 1 fully saturated rings. The molecule has 0 spiro atoms. The zero-order valence-corrected chi connectivity index (χ0v) is 17.6. The summed E-state index contributed by atoms with van der Waals surface area (Å²) in [6, 6.07) is 12.9. The molecule has 1 aromatic heterocycles. The number of piperazine rings is 1. The maximum Gasteiger partial charge on any atom is 0.269 e. The highest BCUT2D eigenvalue weighted by Crippen LogP contribution is 2.21. The fourth-order valence-corrected chi connectivity index (χ4v) is 5.97. The van der Waals surface area contributed by atoms with Crippen molar-refractivity contribution in [1.29, 1.82) is 0 Å². The standard InChI is InChI=1S/C20H23N3O3S2/c1-15-7-8-17(13-16(15)2)28(25,26)22-11-9-21(10-12-22)14-23-20(24)18-5-3-4-6-19(18)27-23/h3-8,13H,9-12,14H2,1-2H3. The van der Waals surface area contributed by atoms with E-state index in [1.165, 1.54) is 11.5 Å². The minimum absolute atomic E-state index is 0.0192. The Morgan fingerprint density at radius 1 is 0.964 bits per heavy atom. The molecule has 0 atom stereocenters. The first kappa shape index (κ1) is 19.3. The highest BCUT2D eigenvalue weighted by atomic mass is 32.2. The minimum Gasteiger partial charge on any atom is -0.282 e. The first-order valence-electron chi connectivity index (χ1n) is 9.25. The van der Waals surface area contributed by atoms with Gasteiger partial charge < -0.3 is 0 Å². The molecule has 0 saturated carbocycles. The van der Waals surface area contributed by atoms with Crippen LogP contribution in [0.2, 0.25) is 0 Å². The molecule has 3 aromatic rings. The number of fused-ring (bicyclic) bond motifs is 1. The van der Waals surface area contributed by atoms with Gasteiger partial charge in [-0.3, -0.25) is 9.69 Å². The molecule has 0 unspecified atom stereocenters. The van der Waals surface area contributed by atoms with E-state index in [1.807, 2.05) is 44.2 Å². The lowest BCUT2D eigenvalue weighted by Gasteiger charge is -2.33. The predicted octanol–water partition coefficient (Wildman–Crippen LogP) is 2.64. The lowest BCUT2D eigenvalue weighted by molar-refractivity contribution is 0.156. The number of nitrogens with zero attached hydrogens (tertiary/aromatic N) is 3. The molecule has 0 radical (unpaired) electrons. The van der Waals surface area contributed by atoms with Crippen molar-refractivity contribution in [3.63, 3.8) is 0 Å². The predicted molar refractivity (Wildman–Crippen MR) is 112 cm³/mol. The van der Waals surface area contributed by atoms with Crippen LogP contribution in [0.5, 0.6) is 0 Å². The summed E-state index contributed by atoms with van der Waals surface area (Å²) < 4.78 is 30.1. The van der Waals surface area contributed by atoms with Gasteiger partial charge in [-0.25, -0.2) is 12.4 Å². The van der Waals surface area contributed by atoms with E-state index in [-0.39, 0.29) is 5.56 Å². The molecule has 1 saturated heterocycles. The molecular formula is C20H23N3O3S2. The smallest absolute Gasteiger partial charge is 0.269 e. The second-order valence-corrected chi connectivity index (χ2v) is 10.2. The third-order valence-electron chi connectivity index (χ3n) is 5.33. The quantitative estimate of drug-likeness (QED) is 0.655. The summed E-state index contributed by atoms with van der Waals surface area (Å²) in [6.45, 7) is 6.45. The Kier molecular flexibility index (Phi) is 5.13. The van der Waals surface area contributed by atoms with Gasteiger partial charge in [-0.1, -0.05) is 29.7 Å². The normalized spacial score (nSPS) is 16.6. The van der Waals surface area contributed by atoms with Gasteiger partial charge in [0.2, 0.25) is 10.0 Å². The van der Waals surface area contributed by atoms with Crippen molar-refractivity contribution in [3.05, 3.63) is 63.9 Å². The van der Waals surface area contributed by atoms with Gasteiger partial charge in [0, 0.05) is 26.2 Å². The maximum atomic E-state index is 12.9. The summed E-state index contributed by atoms with van der Waals surface area (Å²) in [7, 11) is -3.49. The Morgan fingerprint density at radius 2 is 1.68 bits per heavy atom. The lowest BCUT2D eigenvalue weighted by atomic mass is 10.1. The van der Waals surface area contributed by atoms with E-state index >= 15 is 0 Å². The molecule has 0 aliphatic carbocycles. The van der Waals surface area contributed by atoms with E-state index in [4.69, 9.17) is 0 Å². The molecule has 28 heavy (non-hydrogen) atoms. The second-order valence-electron chi connectivity index (χ2n) is 7.18. The van der Waals surface area contributed by atoms with E-state index in [0.29, 0.717) is 37.7 Å². The Labute approximate surface area is 168 Å². The molecule has 148 valence electrons. The Morgan fingerprint density at radius 3 is 2.36 bits per heavy atom. The van der Waals surface area contributed by atoms with Crippen molar-refractivity contribution in [3.8, 4) is 0 Å². The largest absolute Gasteiger partial charge is 0.282 e. The van der Waals surface area contributed by atoms with Crippen LogP contribution in [0.1, 0.15) is 11.1 Å². The number of benzene rings is 2. The summed E-state index contributed by atoms with van der Waals surface area (Å²) in [5.74, 6) is 0. The number of sulfonamides is 1. The molecule has 2 heterocycles. The molecule has 4 rings (SSSR count). The maximum absolute atomic E-state index is 12.9. The third-order valence-corrected chi connectivity index (χ3v) is 8.28. The SMILES string of the molecule is Cc1ccc(S(=O)(=O)N2CCN(Cn3sc4ccccc4c3=O)CC2)cc1C. The van der Waals surface area contributed by atoms with Crippen molar-refractivity contribution in [2.45, 2.75) is 25.4 Å². The third kappa shape index (κ3) is 3.53. The summed E-state index contributed by atoms with van der Waals surface area (Å²) in [5, 5.41) is 0.739. The van der Waals surface area contributed by atoms with Gasteiger partial charge in [-0.15, -0.1) is 0 Å². The van der Waals surface area contributed by atoms with Gasteiger partial charge in [0.25, 0.3) is 5.56 Å². The van der Waals surface area contributed by atoms with Gasteiger partial charge in [0.1, 0.15) is 0 Å². The van der Waals surface area contributed by atoms with Crippen LogP contribution in [0.25, 0.3) is 10.1 Å². The lowest BCUT2D eigenvalue weighted by Crippen LogP contribution is -2.49. The fraction of sp³-hybridized carbons (Fsp3) is 0.350. The van der Waals surface area contributed by atoms with E-state index in [0.717, 1.165) is 21.2 Å². The van der Waals surface area contributed by atoms with Crippen LogP contribution in [0.15, 0.2) is 52.2 Å². The van der Waals surface area contributed by atoms with Crippen LogP contribution in [0.4, 0.5) is 0 Å². The first-order chi connectivity index (χ1) is 13.4. The molecule has 8 heteroatoms. The number of hydrogen-bond donors (Lipinski definition) is 0. The zero-order valence-electron chi connectivity index (χ0n) is 16.0. The van der Waals surface area contributed by atoms with Gasteiger partial charge in [0.15, 0.2) is 0 Å². The van der Waals surface area contributed by atoms with E-state index in [9.17, 15) is 13.2 Å². The molecule has 6 nitrogen and oxygen atoms in total. The average molecular weight is 418 g/mol. The summed E-state index contributed by atoms with van der Waals surface area (Å²) in [6.07, 6.45) is 0. The van der Waals surface area contributed by atoms with Gasteiger partial charge in [-0.2, -0.15) is 4.31 Å². The molecule has 1 aliphatic heterocycles. The van der Waals surface area contributed by atoms with Crippen molar-refractivity contribution in [1.82, 2.24) is 13.2 Å². The Balaban J connectivity index is 1.46. The van der Waals surface area contributed by atoms with Gasteiger partial charge >= 0.3 is 0 Å². The number of aryl methyl sites for hydroxylation is 2. The van der Waals surface area contributed by atoms with Crippen LogP contribution in [0.3, 0.4) is 0 Å². The summed E-state index contributed by atoms with van der Waals surface area (Å²) in [5.41, 5.74) is 2.08. The van der Waals surface area contributed by atoms with Crippen LogP contribution in [-0.4, -0.2) is 47.8 Å². The van der Waals surface area contributed by atoms with Crippen LogP contribution >= 0.6 is 11.5 Å². The molecule has 2 aromatic carbocycles. The van der Waals surface area contributed by atoms with Crippen molar-refractivity contribution < 1.29 is 8.42 Å². The van der Waals surface area contributed by atoms with E-state index in [1.54, 1.807) is 20.4 Å². The highest BCUT2D eigenvalue weighted by molar-refractivity contribution is 7.89. The topological polar surface area (TPSA) is 62.6 Å². The fourth-order valence-electron chi connectivity index (χ4n) is 3.43. The van der Waals surface area contributed by atoms with Gasteiger partial charge in [-0.05, 0) is 49.2 Å².